The lowest BCUT2D eigenvalue weighted by atomic mass is 9.45. The van der Waals surface area contributed by atoms with E-state index in [2.05, 4.69) is 23.4 Å². The van der Waals surface area contributed by atoms with Gasteiger partial charge < -0.3 is 5.11 Å². The van der Waals surface area contributed by atoms with Gasteiger partial charge in [-0.15, -0.1) is 0 Å². The van der Waals surface area contributed by atoms with Crippen molar-refractivity contribution in [2.24, 2.45) is 41.5 Å². The minimum atomic E-state index is -0.532. The maximum Gasteiger partial charge on any atom is 0.352 e. The molecule has 0 spiro atoms. The number of fused-ring (bicyclic) bond motifs is 7. The molecule has 6 nitrogen and oxygen atoms in total. The van der Waals surface area contributed by atoms with Crippen LogP contribution in [0.5, 0.6) is 0 Å². The number of aliphatic hydroxyl groups is 1. The minimum absolute atomic E-state index is 0.0681. The first-order valence-corrected chi connectivity index (χ1v) is 14.6. The molecule has 0 bridgehead atoms. The molecule has 0 unspecified atom stereocenters. The lowest BCUT2D eigenvalue weighted by Crippen LogP contribution is -2.55. The second-order valence-electron chi connectivity index (χ2n) is 13.1. The van der Waals surface area contributed by atoms with Gasteiger partial charge in [-0.1, -0.05) is 25.4 Å². The van der Waals surface area contributed by atoms with Crippen LogP contribution in [0.25, 0.3) is 17.1 Å². The summed E-state index contributed by atoms with van der Waals surface area (Å²) in [5.41, 5.74) is 3.11. The Bertz CT molecular complexity index is 1530. The summed E-state index contributed by atoms with van der Waals surface area (Å²) < 4.78 is 3.17. The second-order valence-corrected chi connectivity index (χ2v) is 13.5. The zero-order valence-corrected chi connectivity index (χ0v) is 23.2. The number of aromatic nitrogens is 3. The van der Waals surface area contributed by atoms with Crippen LogP contribution in [0, 0.1) is 34.5 Å². The molecule has 0 radical (unpaired) electrons. The first-order valence-electron chi connectivity index (χ1n) is 14.2. The van der Waals surface area contributed by atoms with Crippen molar-refractivity contribution in [2.45, 2.75) is 71.3 Å². The van der Waals surface area contributed by atoms with Gasteiger partial charge in [-0.25, -0.2) is 4.79 Å². The van der Waals surface area contributed by atoms with Gasteiger partial charge in [0.15, 0.2) is 5.82 Å². The average Bonchev–Trinajstić information content (AvgIpc) is 3.20. The van der Waals surface area contributed by atoms with Gasteiger partial charge in [0.1, 0.15) is 0 Å². The highest BCUT2D eigenvalue weighted by molar-refractivity contribution is 6.30. The predicted octanol–water partition coefficient (Wildman–Crippen LogP) is 5.01. The molecule has 0 amide bonds. The van der Waals surface area contributed by atoms with E-state index in [9.17, 15) is 14.7 Å². The highest BCUT2D eigenvalue weighted by Gasteiger charge is 2.60. The summed E-state index contributed by atoms with van der Waals surface area (Å²) in [7, 11) is 1.50. The van der Waals surface area contributed by atoms with Crippen molar-refractivity contribution in [1.82, 2.24) is 14.1 Å². The minimum Gasteiger partial charge on any atom is -0.393 e. The Balaban J connectivity index is 1.39. The Morgan fingerprint density at radius 2 is 1.74 bits per heavy atom. The molecular formula is C31H36ClN3O3. The predicted molar refractivity (Wildman–Crippen MR) is 148 cm³/mol. The second kappa shape index (κ2) is 8.28. The number of nitrogens with zero attached hydrogens (tertiary/aromatic N) is 3. The standard InChI is InChI=1S/C31H36ClN3O3/c1-30-13-12-24-21(23(30)10-11-26(30)36)9-4-18-15-25-17(16-31(18,24)2)14-22-27(33-29(38)34(3)28(22)37)35(25)20-7-5-19(32)6-8-20/h5-8,14,18,21,23-24,26,36H,4,9-13,15-16H2,1-3H3/t18-,21-,23-,24-,26-,30-,31-/m0/s1. The molecule has 2 heterocycles. The van der Waals surface area contributed by atoms with Crippen molar-refractivity contribution in [1.29, 1.82) is 0 Å². The van der Waals surface area contributed by atoms with E-state index in [0.717, 1.165) is 48.1 Å². The van der Waals surface area contributed by atoms with Crippen molar-refractivity contribution in [3.05, 3.63) is 67.4 Å². The zero-order valence-electron chi connectivity index (χ0n) is 22.4. The Labute approximate surface area is 228 Å². The number of halogens is 1. The van der Waals surface area contributed by atoms with Gasteiger partial charge in [0.25, 0.3) is 5.56 Å². The lowest BCUT2D eigenvalue weighted by Gasteiger charge is -2.60. The van der Waals surface area contributed by atoms with E-state index in [1.54, 1.807) is 0 Å². The third-order valence-corrected chi connectivity index (χ3v) is 11.8. The number of pyridine rings is 1. The molecule has 6 aliphatic rings. The van der Waals surface area contributed by atoms with E-state index in [-0.39, 0.29) is 22.5 Å². The van der Waals surface area contributed by atoms with E-state index in [0.29, 0.717) is 40.1 Å². The molecule has 1 N–H and O–H groups in total. The Morgan fingerprint density at radius 3 is 2.50 bits per heavy atom. The number of rotatable bonds is 1. The Kier molecular flexibility index (Phi) is 5.36. The van der Waals surface area contributed by atoms with Crippen molar-refractivity contribution in [3.8, 4) is 17.1 Å². The third-order valence-electron chi connectivity index (χ3n) is 11.5. The first kappa shape index (κ1) is 24.6. The van der Waals surface area contributed by atoms with Gasteiger partial charge in [0.05, 0.1) is 11.7 Å². The van der Waals surface area contributed by atoms with Gasteiger partial charge in [-0.05, 0) is 122 Å². The molecule has 7 atom stereocenters. The first-order chi connectivity index (χ1) is 18.1. The van der Waals surface area contributed by atoms with Gasteiger partial charge in [-0.2, -0.15) is 4.98 Å². The third kappa shape index (κ3) is 3.25. The summed E-state index contributed by atoms with van der Waals surface area (Å²) >= 11 is 6.22. The summed E-state index contributed by atoms with van der Waals surface area (Å²) in [6.45, 7) is 4.84. The molecule has 3 saturated carbocycles. The molecule has 3 fully saturated rings. The molecule has 1 aromatic carbocycles. The molecule has 2 aliphatic heterocycles. The van der Waals surface area contributed by atoms with Crippen LogP contribution < -0.4 is 11.2 Å². The lowest BCUT2D eigenvalue weighted by molar-refractivity contribution is -0.111. The fraction of sp³-hybridized carbons (Fsp3) is 0.581. The van der Waals surface area contributed by atoms with Crippen LogP contribution in [0.15, 0.2) is 39.9 Å². The van der Waals surface area contributed by atoms with Crippen LogP contribution in [-0.2, 0) is 19.9 Å². The zero-order chi connectivity index (χ0) is 26.6. The molecular weight excluding hydrogens is 498 g/mol. The molecule has 200 valence electrons. The Hall–Kier alpha value is -2.44. The normalized spacial score (nSPS) is 35.9. The summed E-state index contributed by atoms with van der Waals surface area (Å²) in [5, 5.41) is 11.5. The van der Waals surface area contributed by atoms with E-state index in [4.69, 9.17) is 11.6 Å². The quantitative estimate of drug-likeness (QED) is 0.477. The molecule has 38 heavy (non-hydrogen) atoms. The van der Waals surface area contributed by atoms with E-state index in [1.165, 1.54) is 31.9 Å². The number of benzene rings is 1. The molecule has 4 aliphatic carbocycles. The van der Waals surface area contributed by atoms with E-state index in [1.807, 2.05) is 30.3 Å². The maximum absolute atomic E-state index is 13.3. The topological polar surface area (TPSA) is 77.1 Å². The highest BCUT2D eigenvalue weighted by Crippen LogP contribution is 2.65. The summed E-state index contributed by atoms with van der Waals surface area (Å²) in [4.78, 5) is 30.3. The summed E-state index contributed by atoms with van der Waals surface area (Å²) in [6, 6.07) is 9.62. The van der Waals surface area contributed by atoms with Crippen LogP contribution in [0.1, 0.15) is 63.6 Å². The van der Waals surface area contributed by atoms with Crippen LogP contribution in [-0.4, -0.2) is 25.3 Å². The SMILES string of the molecule is Cn1c(=O)nc2n(-c3ccc(Cl)cc3)c3c(cc-2c1=O)C[C@@]1(C)[C@@H](CC[C@@H]2[C@@H]1CC[C@]1(C)[C@@H](O)CC[C@@H]21)C3. The fourth-order valence-electron chi connectivity index (χ4n) is 9.42. The molecule has 1 aromatic rings. The van der Waals surface area contributed by atoms with Gasteiger partial charge in [0.2, 0.25) is 0 Å². The van der Waals surface area contributed by atoms with Crippen LogP contribution in [0.4, 0.5) is 0 Å². The molecule has 7 heteroatoms. The molecule has 0 aromatic heterocycles. The van der Waals surface area contributed by atoms with Gasteiger partial charge in [-0.3, -0.25) is 13.9 Å². The fourth-order valence-corrected chi connectivity index (χ4v) is 9.55. The van der Waals surface area contributed by atoms with Crippen molar-refractivity contribution >= 4 is 11.6 Å². The van der Waals surface area contributed by atoms with E-state index < -0.39 is 5.69 Å². The Morgan fingerprint density at radius 1 is 1.00 bits per heavy atom. The van der Waals surface area contributed by atoms with Crippen LogP contribution in [0.3, 0.4) is 0 Å². The van der Waals surface area contributed by atoms with Gasteiger partial charge >= 0.3 is 5.69 Å². The van der Waals surface area contributed by atoms with Crippen LogP contribution in [0.2, 0.25) is 5.02 Å². The molecule has 7 rings (SSSR count). The van der Waals surface area contributed by atoms with Gasteiger partial charge in [0, 0.05) is 23.5 Å². The van der Waals surface area contributed by atoms with E-state index >= 15 is 0 Å². The highest BCUT2D eigenvalue weighted by atomic mass is 35.5. The average molecular weight is 534 g/mol. The molecule has 0 saturated heterocycles. The summed E-state index contributed by atoms with van der Waals surface area (Å²) in [5.74, 6) is 2.86. The van der Waals surface area contributed by atoms with Crippen molar-refractivity contribution < 1.29 is 5.11 Å². The monoisotopic (exact) mass is 533 g/mol. The van der Waals surface area contributed by atoms with Crippen molar-refractivity contribution in [2.75, 3.05) is 0 Å². The van der Waals surface area contributed by atoms with Crippen molar-refractivity contribution in [3.63, 3.8) is 0 Å². The smallest absolute Gasteiger partial charge is 0.352 e. The van der Waals surface area contributed by atoms with Crippen LogP contribution >= 0.6 is 11.6 Å². The summed E-state index contributed by atoms with van der Waals surface area (Å²) in [6.07, 6.45) is 8.44. The number of hydrogen-bond acceptors (Lipinski definition) is 4. The number of aliphatic hydroxyl groups excluding tert-OH is 1. The maximum atomic E-state index is 13.3. The largest absolute Gasteiger partial charge is 0.393 e. The number of hydrogen-bond donors (Lipinski definition) is 1.